The maximum atomic E-state index is 12.2. The lowest BCUT2D eigenvalue weighted by molar-refractivity contribution is -0.133. The van der Waals surface area contributed by atoms with E-state index in [2.05, 4.69) is 134 Å². The smallest absolute Gasteiger partial charge is 0.410 e. The molecule has 602 valence electrons. The van der Waals surface area contributed by atoms with Crippen molar-refractivity contribution < 1.29 is 38.2 Å². The van der Waals surface area contributed by atoms with Gasteiger partial charge in [0.1, 0.15) is 36.4 Å². The van der Waals surface area contributed by atoms with Gasteiger partial charge >= 0.3 is 18.2 Å². The highest BCUT2D eigenvalue weighted by molar-refractivity contribution is 5.89. The Morgan fingerprint density at radius 1 is 0.377 bits per heavy atom. The fourth-order valence-corrected chi connectivity index (χ4v) is 14.1. The van der Waals surface area contributed by atoms with Gasteiger partial charge in [0, 0.05) is 229 Å². The summed E-state index contributed by atoms with van der Waals surface area (Å²) >= 11 is 0. The third-order valence-corrected chi connectivity index (χ3v) is 19.9. The van der Waals surface area contributed by atoms with E-state index in [1.165, 1.54) is 0 Å². The summed E-state index contributed by atoms with van der Waals surface area (Å²) in [6, 6.07) is 35.1. The molecule has 35 nitrogen and oxygen atoms in total. The van der Waals surface area contributed by atoms with Crippen molar-refractivity contribution in [3.05, 3.63) is 147 Å². The van der Waals surface area contributed by atoms with Gasteiger partial charge in [-0.1, -0.05) is 0 Å². The van der Waals surface area contributed by atoms with Gasteiger partial charge in [-0.15, -0.1) is 15.3 Å². The first-order valence-electron chi connectivity index (χ1n) is 38.7. The lowest BCUT2D eigenvalue weighted by Gasteiger charge is -2.44. The molecule has 0 aliphatic carbocycles. The molecule has 0 spiro atoms. The zero-order chi connectivity index (χ0) is 80.4. The molecule has 5 aliphatic heterocycles. The summed E-state index contributed by atoms with van der Waals surface area (Å²) in [4.78, 5) is 118. The summed E-state index contributed by atoms with van der Waals surface area (Å²) < 4.78 is 15.8. The molecule has 5 N–H and O–H groups in total. The molecule has 0 saturated carbocycles. The normalized spacial score (nSPS) is 16.7. The van der Waals surface area contributed by atoms with Gasteiger partial charge in [0.05, 0.1) is 29.3 Å². The van der Waals surface area contributed by atoms with Crippen LogP contribution >= 0.6 is 0 Å². The van der Waals surface area contributed by atoms with Crippen LogP contribution in [0.3, 0.4) is 0 Å². The lowest BCUT2D eigenvalue weighted by atomic mass is 10.1. The van der Waals surface area contributed by atoms with E-state index in [-0.39, 0.29) is 60.2 Å². The number of nitrogens with zero attached hydrogens (tertiary/aromatic N) is 22. The van der Waals surface area contributed by atoms with Crippen molar-refractivity contribution in [2.24, 2.45) is 0 Å². The second-order valence-electron chi connectivity index (χ2n) is 28.9. The van der Waals surface area contributed by atoms with E-state index in [4.69, 9.17) is 9.47 Å². The number of benzene rings is 3. The number of piperazine rings is 3. The SMILES string of the molecule is CC(=O)N1CCCN(c2cc(-n3cnc(Nc4ccc(N5CCN(C(=O)OC(C)C)CC5)cc4)n3)ccn2)CC1.CC(=O)N1[C@H](C)CN(c2cc(-n3cnc(Nc4ccc(N5CCN(C(=O)OC(C)C)CC5)cc4)n3)ccn2)C[C@@H]1C.CNC(=O)Nc1ccc(Nc2ncn(-c3ccnc(N4CCCN(C(C)=O)CC4)c3)n2)cc1. The van der Waals surface area contributed by atoms with Gasteiger partial charge in [-0.25, -0.2) is 43.4 Å². The van der Waals surface area contributed by atoms with Gasteiger partial charge in [-0.05, 0) is 145 Å². The average molecular weight is 1560 g/mol. The van der Waals surface area contributed by atoms with Crippen molar-refractivity contribution in [2.45, 2.75) is 99.4 Å². The molecule has 5 saturated heterocycles. The summed E-state index contributed by atoms with van der Waals surface area (Å²) in [7, 11) is 1.56. The van der Waals surface area contributed by atoms with Gasteiger partial charge in [0.2, 0.25) is 35.6 Å². The van der Waals surface area contributed by atoms with E-state index in [1.807, 2.05) is 115 Å². The molecule has 0 bridgehead atoms. The average Bonchev–Trinajstić information content (AvgIpc) is 1.30. The first-order valence-corrected chi connectivity index (χ1v) is 38.7. The molecule has 7 amide bonds. The van der Waals surface area contributed by atoms with Crippen LogP contribution in [0.15, 0.2) is 147 Å². The molecule has 6 aromatic heterocycles. The number of ether oxygens (including phenoxy) is 2. The van der Waals surface area contributed by atoms with Crippen molar-refractivity contribution in [3.63, 3.8) is 0 Å². The molecular weight excluding hydrogens is 1460 g/mol. The number of urea groups is 1. The van der Waals surface area contributed by atoms with Crippen LogP contribution in [0, 0.1) is 0 Å². The number of hydrogen-bond acceptors (Lipinski definition) is 25. The molecule has 0 radical (unpaired) electrons. The molecule has 3 aromatic carbocycles. The van der Waals surface area contributed by atoms with Crippen LogP contribution in [-0.4, -0.2) is 269 Å². The van der Waals surface area contributed by atoms with Gasteiger partial charge in [-0.3, -0.25) is 14.4 Å². The summed E-state index contributed by atoms with van der Waals surface area (Å²) in [5.41, 5.74) is 8.02. The molecule has 11 heterocycles. The monoisotopic (exact) mass is 1560 g/mol. The van der Waals surface area contributed by atoms with E-state index >= 15 is 0 Å². The van der Waals surface area contributed by atoms with Gasteiger partial charge < -0.3 is 85.1 Å². The quantitative estimate of drug-likeness (QED) is 0.0568. The van der Waals surface area contributed by atoms with Crippen LogP contribution in [0.25, 0.3) is 17.1 Å². The Bertz CT molecular complexity index is 4680. The molecule has 5 fully saturated rings. The van der Waals surface area contributed by atoms with Gasteiger partial charge in [0.25, 0.3) is 0 Å². The van der Waals surface area contributed by atoms with Crippen LogP contribution in [0.1, 0.15) is 75.2 Å². The van der Waals surface area contributed by atoms with Crippen molar-refractivity contribution >= 4 is 105 Å². The molecule has 0 unspecified atom stereocenters. The maximum Gasteiger partial charge on any atom is 0.410 e. The van der Waals surface area contributed by atoms with Crippen LogP contribution < -0.4 is 51.1 Å². The van der Waals surface area contributed by atoms with Crippen LogP contribution in [-0.2, 0) is 23.9 Å². The number of hydrogen-bond donors (Lipinski definition) is 5. The second-order valence-corrected chi connectivity index (χ2v) is 28.9. The minimum absolute atomic E-state index is 0.104. The number of rotatable bonds is 17. The largest absolute Gasteiger partial charge is 0.447 e. The first kappa shape index (κ1) is 80.7. The highest BCUT2D eigenvalue weighted by Crippen LogP contribution is 2.29. The Morgan fingerprint density at radius 3 is 1.05 bits per heavy atom. The van der Waals surface area contributed by atoms with Crippen LogP contribution in [0.5, 0.6) is 0 Å². The molecule has 14 rings (SSSR count). The number of aromatic nitrogens is 12. The minimum atomic E-state index is -0.274. The lowest BCUT2D eigenvalue weighted by Crippen LogP contribution is -2.58. The number of nitrogens with one attached hydrogen (secondary N) is 5. The standard InChI is InChI=1S/C29H39N9O3.C28H37N9O3.C22H27N9O2/c1-20(2)41-29(40)35-14-12-34(13-15-35)25-8-6-24(7-9-25)32-28-31-19-37(33-28)26-10-11-30-27(16-26)36-17-21(3)38(23(5)39)22(4)18-36;1-21(2)40-28(39)36-17-14-34(15-18-36)24-7-5-23(6-8-24)31-27-30-20-37(32-27)25-9-10-29-26(19-25)35-12-4-11-33(13-16-35)22(3)38;1-16(32)29-10-3-11-30(13-12-29)20-14-19(8-9-24-20)31-15-25-21(28-31)26-17-4-6-18(7-5-17)27-22(33)23-2/h6-11,16,19-22H,12-15,17-18H2,1-5H3,(H,32,33);5-10,19-21H,4,11-18H2,1-3H3,(H,31,32);4-9,14-15H,3,10-13H2,1-2H3,(H,26,28)(H2,23,27,33)/t21-,22+;;. The van der Waals surface area contributed by atoms with E-state index in [1.54, 1.807) is 101 Å². The second kappa shape index (κ2) is 37.9. The van der Waals surface area contributed by atoms with E-state index in [0.29, 0.717) is 62.8 Å². The Balaban J connectivity index is 0.000000159. The molecule has 35 heteroatoms. The minimum Gasteiger partial charge on any atom is -0.447 e. The topological polar surface area (TPSA) is 344 Å². The fourth-order valence-electron chi connectivity index (χ4n) is 14.1. The maximum absolute atomic E-state index is 12.2. The predicted octanol–water partition coefficient (Wildman–Crippen LogP) is 8.87. The third-order valence-electron chi connectivity index (χ3n) is 19.9. The Hall–Kier alpha value is -12.9. The van der Waals surface area contributed by atoms with Gasteiger partial charge in [0.15, 0.2) is 0 Å². The highest BCUT2D eigenvalue weighted by Gasteiger charge is 2.33. The van der Waals surface area contributed by atoms with Crippen LogP contribution in [0.4, 0.5) is 83.8 Å². The van der Waals surface area contributed by atoms with Crippen molar-refractivity contribution in [2.75, 3.05) is 171 Å². The Morgan fingerprint density at radius 2 is 0.711 bits per heavy atom. The van der Waals surface area contributed by atoms with Crippen LogP contribution in [0.2, 0.25) is 0 Å². The highest BCUT2D eigenvalue weighted by atomic mass is 16.6. The number of pyridine rings is 3. The Kier molecular flexibility index (Phi) is 26.8. The van der Waals surface area contributed by atoms with Crippen molar-refractivity contribution in [3.8, 4) is 17.1 Å². The van der Waals surface area contributed by atoms with Crippen molar-refractivity contribution in [1.29, 1.82) is 0 Å². The predicted molar refractivity (Wildman–Crippen MR) is 437 cm³/mol. The number of anilines is 12. The molecular formula is C79H103N27O8. The zero-order valence-corrected chi connectivity index (χ0v) is 66.4. The molecule has 114 heavy (non-hydrogen) atoms. The van der Waals surface area contributed by atoms with Crippen molar-refractivity contribution in [1.82, 2.24) is 89.1 Å². The third kappa shape index (κ3) is 21.6. The van der Waals surface area contributed by atoms with E-state index in [0.717, 1.165) is 154 Å². The van der Waals surface area contributed by atoms with Gasteiger partial charge in [-0.2, -0.15) is 15.0 Å². The molecule has 5 aliphatic rings. The molecule has 9 aromatic rings. The Labute approximate surface area is 663 Å². The zero-order valence-electron chi connectivity index (χ0n) is 66.4. The summed E-state index contributed by atoms with van der Waals surface area (Å²) in [5.74, 6) is 4.33. The molecule has 2 atom stereocenters. The fraction of sp³-hybridized carbons (Fsp3) is 0.430. The summed E-state index contributed by atoms with van der Waals surface area (Å²) in [6.45, 7) is 29.6. The number of carbonyl (C=O) groups excluding carboxylic acids is 6. The number of carbonyl (C=O) groups is 6. The van der Waals surface area contributed by atoms with E-state index in [9.17, 15) is 28.8 Å². The van der Waals surface area contributed by atoms with E-state index < -0.39 is 0 Å². The number of amides is 7. The summed E-state index contributed by atoms with van der Waals surface area (Å²) in [5, 5.41) is 28.7. The first-order chi connectivity index (χ1) is 55.0. The summed E-state index contributed by atoms with van der Waals surface area (Å²) in [6.07, 6.45) is 11.4.